The predicted octanol–water partition coefficient (Wildman–Crippen LogP) is 6.26. The summed E-state index contributed by atoms with van der Waals surface area (Å²) >= 11 is 0. The summed E-state index contributed by atoms with van der Waals surface area (Å²) in [4.78, 5) is 0. The van der Waals surface area contributed by atoms with Gasteiger partial charge in [0.2, 0.25) is 0 Å². The zero-order valence-corrected chi connectivity index (χ0v) is 27.0. The Kier molecular flexibility index (Phi) is 8.41. The van der Waals surface area contributed by atoms with Gasteiger partial charge in [-0.25, -0.2) is 87.8 Å². The molecule has 3 heterocycles. The van der Waals surface area contributed by atoms with Gasteiger partial charge in [0.05, 0.1) is 13.2 Å². The first-order valence-electron chi connectivity index (χ1n) is 15.8. The van der Waals surface area contributed by atoms with Gasteiger partial charge in [-0.3, -0.25) is 0 Å². The van der Waals surface area contributed by atoms with Gasteiger partial charge in [0.1, 0.15) is 17.5 Å². The lowest BCUT2D eigenvalue weighted by Crippen LogP contribution is -2.79. The van der Waals surface area contributed by atoms with E-state index in [1.165, 1.54) is 0 Å². The normalized spacial score (nSPS) is 15.5. The summed E-state index contributed by atoms with van der Waals surface area (Å²) in [6.45, 7) is -5.61. The molecule has 0 aromatic heterocycles. The van der Waals surface area contributed by atoms with E-state index >= 15 is 61.5 Å². The smallest absolute Gasteiger partial charge is 0.386 e. The maximum Gasteiger partial charge on any atom is 0.386 e. The highest BCUT2D eigenvalue weighted by Crippen LogP contribution is 2.43. The summed E-state index contributed by atoms with van der Waals surface area (Å²) in [7, 11) is 0. The lowest BCUT2D eigenvalue weighted by molar-refractivity contribution is 0.0505. The molecule has 0 N–H and O–H groups in total. The van der Waals surface area contributed by atoms with Crippen molar-refractivity contribution >= 4 is 45.8 Å². The fraction of sp³-hybridized carbons (Fsp3) is 0.118. The molecule has 5 aromatic carbocycles. The second-order valence-electron chi connectivity index (χ2n) is 13.1. The van der Waals surface area contributed by atoms with Crippen LogP contribution < -0.4 is 32.8 Å². The highest BCUT2D eigenvalue weighted by Gasteiger charge is 2.63. The van der Waals surface area contributed by atoms with Crippen molar-refractivity contribution in [3.05, 3.63) is 116 Å². The van der Waals surface area contributed by atoms with Gasteiger partial charge in [0, 0.05) is 24.0 Å². The van der Waals surface area contributed by atoms with E-state index in [2.05, 4.69) is 0 Å². The molecule has 0 atom stereocenters. The molecule has 0 saturated carbocycles. The van der Waals surface area contributed by atoms with Crippen molar-refractivity contribution in [3.63, 3.8) is 0 Å². The van der Waals surface area contributed by atoms with Crippen LogP contribution in [0.25, 0.3) is 22.3 Å². The minimum absolute atomic E-state index is 0.340. The van der Waals surface area contributed by atoms with E-state index in [1.54, 1.807) is 4.28 Å². The zero-order valence-electron chi connectivity index (χ0n) is 27.0. The number of halogens is 20. The van der Waals surface area contributed by atoms with E-state index in [4.69, 9.17) is 0 Å². The van der Waals surface area contributed by atoms with Crippen LogP contribution in [-0.4, -0.2) is 26.3 Å². The monoisotopic (exact) mass is 834 g/mol. The van der Waals surface area contributed by atoms with Gasteiger partial charge in [-0.2, -0.15) is 0 Å². The van der Waals surface area contributed by atoms with Gasteiger partial charge in [-0.1, -0.05) is 21.9 Å². The van der Waals surface area contributed by atoms with Crippen molar-refractivity contribution in [2.75, 3.05) is 13.2 Å². The first-order chi connectivity index (χ1) is 26.7. The molecule has 0 amide bonds. The third-order valence-corrected chi connectivity index (χ3v) is 10.7. The van der Waals surface area contributed by atoms with Gasteiger partial charge in [0.25, 0.3) is 6.71 Å². The number of fused-ring (bicyclic) bond motifs is 6. The van der Waals surface area contributed by atoms with Crippen molar-refractivity contribution in [2.45, 2.75) is 12.8 Å². The van der Waals surface area contributed by atoms with E-state index in [0.29, 0.717) is 0 Å². The average Bonchev–Trinajstić information content (AvgIpc) is 3.93. The Hall–Kier alpha value is -5.21. The largest absolute Gasteiger partial charge is 0.660 e. The molecule has 23 heteroatoms. The summed E-state index contributed by atoms with van der Waals surface area (Å²) in [5.41, 5.74) is -22.3. The minimum atomic E-state index is -5.48. The van der Waals surface area contributed by atoms with E-state index in [1.807, 2.05) is 0 Å². The predicted molar refractivity (Wildman–Crippen MR) is 159 cm³/mol. The summed E-state index contributed by atoms with van der Waals surface area (Å²) in [6, 6.07) is 0. The molecule has 0 radical (unpaired) electrons. The molecule has 296 valence electrons. The van der Waals surface area contributed by atoms with Crippen molar-refractivity contribution in [1.82, 2.24) is 0 Å². The molecule has 0 bridgehead atoms. The van der Waals surface area contributed by atoms with Crippen molar-refractivity contribution in [3.8, 4) is 22.3 Å². The number of hydrogen-bond acceptors (Lipinski definition) is 0. The molecule has 0 unspecified atom stereocenters. The van der Waals surface area contributed by atoms with E-state index in [0.717, 1.165) is 0 Å². The lowest BCUT2D eigenvalue weighted by atomic mass is 9.24. The van der Waals surface area contributed by atoms with Crippen LogP contribution in [0.1, 0.15) is 12.8 Å². The third-order valence-electron chi connectivity index (χ3n) is 10.7. The van der Waals surface area contributed by atoms with Crippen LogP contribution in [0.15, 0.2) is 0 Å². The van der Waals surface area contributed by atoms with E-state index in [-0.39, 0.29) is 12.8 Å². The first-order valence-corrected chi connectivity index (χ1v) is 15.8. The second kappa shape index (κ2) is 12.4. The molecule has 3 aliphatic rings. The lowest BCUT2D eigenvalue weighted by Gasteiger charge is -2.46. The molecule has 57 heavy (non-hydrogen) atoms. The van der Waals surface area contributed by atoms with E-state index in [9.17, 15) is 26.3 Å². The van der Waals surface area contributed by atoms with Crippen LogP contribution in [0.5, 0.6) is 0 Å². The van der Waals surface area contributed by atoms with Crippen LogP contribution in [0, 0.1) is 116 Å². The molecule has 0 spiro atoms. The van der Waals surface area contributed by atoms with Crippen molar-refractivity contribution in [1.29, 1.82) is 0 Å². The Morgan fingerprint density at radius 3 is 0.895 bits per heavy atom. The summed E-state index contributed by atoms with van der Waals surface area (Å²) in [5, 5.41) is 0. The molecule has 3 aliphatic heterocycles. The molecule has 8 rings (SSSR count). The molecule has 0 aliphatic carbocycles. The zero-order chi connectivity index (χ0) is 41.8. The minimum Gasteiger partial charge on any atom is -0.660 e. The summed E-state index contributed by atoms with van der Waals surface area (Å²) in [6.07, 6.45) is -6.16. The van der Waals surface area contributed by atoms with Crippen LogP contribution in [0.4, 0.5) is 87.8 Å². The van der Waals surface area contributed by atoms with Crippen LogP contribution in [0.2, 0.25) is 0 Å². The molecule has 1 nitrogen and oxygen atoms in total. The Balaban J connectivity index is 1.72. The summed E-state index contributed by atoms with van der Waals surface area (Å²) < 4.78 is 313. The molecule has 5 aromatic rings. The highest BCUT2D eigenvalue weighted by atomic mass is 19.2. The van der Waals surface area contributed by atoms with Crippen LogP contribution >= 0.6 is 0 Å². The van der Waals surface area contributed by atoms with Gasteiger partial charge >= 0.3 is 6.35 Å². The highest BCUT2D eigenvalue weighted by molar-refractivity contribution is 7.14. The first kappa shape index (κ1) is 38.7. The Labute approximate surface area is 302 Å². The Morgan fingerprint density at radius 1 is 0.281 bits per heavy atom. The molecular weight excluding hydrogens is 826 g/mol. The van der Waals surface area contributed by atoms with Crippen molar-refractivity contribution in [2.24, 2.45) is 0 Å². The van der Waals surface area contributed by atoms with Gasteiger partial charge in [0.15, 0.2) is 98.9 Å². The van der Waals surface area contributed by atoms with Gasteiger partial charge in [-0.05, 0) is 22.1 Å². The standard InChI is InChI=1S/C34H8B2F20O/c37-15-5-6-10(20(42)30(52)26(48)16(6)38)35(9(5)19(41)29(51)25(15)47)11-14(24(46)34(56)31(53)21(11)43)36(57-3-1-2-4-57)12-7(17(39)27(49)32(54)22(12)44)8-13(36)23(45)33(55)28(50)18(8)40/h1-4H2. The molecular formula is C34H8B2F20O. The summed E-state index contributed by atoms with van der Waals surface area (Å²) in [5.74, 6) is -58.6. The maximum absolute atomic E-state index is 16.9. The fourth-order valence-corrected chi connectivity index (χ4v) is 8.62. The number of benzene rings is 5. The van der Waals surface area contributed by atoms with Crippen LogP contribution in [-0.2, 0) is 4.28 Å². The van der Waals surface area contributed by atoms with Gasteiger partial charge < -0.3 is 4.28 Å². The fourth-order valence-electron chi connectivity index (χ4n) is 8.62. The molecule has 1 fully saturated rings. The third kappa shape index (κ3) is 4.40. The van der Waals surface area contributed by atoms with Crippen molar-refractivity contribution < 1.29 is 92.1 Å². The van der Waals surface area contributed by atoms with Gasteiger partial charge in [-0.15, -0.1) is 0 Å². The number of hydrogen-bond donors (Lipinski definition) is 0. The second-order valence-corrected chi connectivity index (χ2v) is 13.1. The Bertz CT molecular complexity index is 2590. The SMILES string of the molecule is Fc1c(F)c(F)c2c(c1F)B(c1c(F)c(F)c(F)c(F)c1[B-]1([O+]3CCCC3)c3c(F)c(F)c(F)c(F)c3-c3c(F)c(F)c(F)c(F)c31)c1c(F)c(F)c(F)c(F)c1-2. The topological polar surface area (TPSA) is 2.70 Å². The average molecular weight is 834 g/mol. The quantitative estimate of drug-likeness (QED) is 0.0652. The van der Waals surface area contributed by atoms with E-state index < -0.39 is 198 Å². The maximum atomic E-state index is 16.9. The number of rotatable bonds is 3. The van der Waals surface area contributed by atoms with Crippen LogP contribution in [0.3, 0.4) is 0 Å². The Morgan fingerprint density at radius 2 is 0.544 bits per heavy atom. The molecule has 1 saturated heterocycles.